The number of fused-ring (bicyclic) bond motifs is 3. The van der Waals surface area contributed by atoms with Gasteiger partial charge in [-0.15, -0.1) is 0 Å². The van der Waals surface area contributed by atoms with Crippen LogP contribution in [0.5, 0.6) is 0 Å². The molecule has 1 N–H and O–H groups in total. The molecule has 0 aromatic heterocycles. The summed E-state index contributed by atoms with van der Waals surface area (Å²) in [4.78, 5) is 11.4. The predicted molar refractivity (Wildman–Crippen MR) is 77.2 cm³/mol. The van der Waals surface area contributed by atoms with E-state index >= 15 is 0 Å². The molecule has 0 unspecified atom stereocenters. The minimum absolute atomic E-state index is 0. The Bertz CT molecular complexity index is 892. The Hall–Kier alpha value is -2.37. The van der Waals surface area contributed by atoms with Crippen LogP contribution in [0, 0.1) is 22.7 Å². The number of hydrogen-bond acceptors (Lipinski definition) is 3. The number of nitriles is 2. The van der Waals surface area contributed by atoms with Crippen LogP contribution in [0.15, 0.2) is 48.0 Å². The number of hydrogen-bond donors (Lipinski definition) is 1. The van der Waals surface area contributed by atoms with Gasteiger partial charge in [-0.1, -0.05) is 36.4 Å². The Labute approximate surface area is 150 Å². The van der Waals surface area contributed by atoms with Crippen molar-refractivity contribution < 1.29 is 40.9 Å². The molecule has 0 radical (unpaired) electrons. The number of carbonyl (C=O) groups is 1. The molecule has 0 amide bonds. The average molecular weight is 296 g/mol. The molecule has 3 rings (SSSR count). The molecular weight excluding hydrogens is 287 g/mol. The third-order valence-electron chi connectivity index (χ3n) is 3.50. The molecule has 2 aromatic rings. The second kappa shape index (κ2) is 6.17. The minimum Gasteiger partial charge on any atom is -1.00 e. The predicted octanol–water partition coefficient (Wildman–Crippen LogP) is 0.331. The van der Waals surface area contributed by atoms with Crippen LogP contribution in [0.2, 0.25) is 0 Å². The van der Waals surface area contributed by atoms with Crippen LogP contribution >= 0.6 is 0 Å². The van der Waals surface area contributed by atoms with Crippen molar-refractivity contribution in [2.24, 2.45) is 0 Å². The first-order valence-corrected chi connectivity index (χ1v) is 6.20. The third kappa shape index (κ3) is 2.24. The van der Waals surface area contributed by atoms with E-state index in [-0.39, 0.29) is 42.1 Å². The fourth-order valence-electron chi connectivity index (χ4n) is 2.70. The summed E-state index contributed by atoms with van der Waals surface area (Å²) in [7, 11) is 0. The minimum atomic E-state index is -1.03. The monoisotopic (exact) mass is 296 g/mol. The molecule has 0 saturated heterocycles. The second-order valence-corrected chi connectivity index (χ2v) is 4.55. The number of carboxylic acid groups (broad SMARTS) is 1. The van der Waals surface area contributed by atoms with Gasteiger partial charge in [0.25, 0.3) is 0 Å². The van der Waals surface area contributed by atoms with Gasteiger partial charge >= 0.3 is 35.5 Å². The molecule has 0 atom stereocenters. The molecular formula is C17H9N2NaO2. The van der Waals surface area contributed by atoms with Crippen LogP contribution in [-0.4, -0.2) is 11.1 Å². The van der Waals surface area contributed by atoms with Crippen LogP contribution in [0.4, 0.5) is 0 Å². The van der Waals surface area contributed by atoms with Gasteiger partial charge in [0.15, 0.2) is 0 Å². The van der Waals surface area contributed by atoms with Crippen molar-refractivity contribution in [1.29, 1.82) is 10.5 Å². The maximum absolute atomic E-state index is 11.4. The number of carboxylic acids is 1. The largest absolute Gasteiger partial charge is 1.00 e. The molecule has 0 spiro atoms. The smallest absolute Gasteiger partial charge is 1.00 e. The first kappa shape index (κ1) is 16.0. The molecule has 1 aliphatic carbocycles. The molecule has 0 aliphatic heterocycles. The third-order valence-corrected chi connectivity index (χ3v) is 3.50. The number of allylic oxidation sites excluding steroid dienone is 1. The summed E-state index contributed by atoms with van der Waals surface area (Å²) in [6.45, 7) is 0. The molecule has 100 valence electrons. The summed E-state index contributed by atoms with van der Waals surface area (Å²) < 4.78 is 0. The SMILES string of the molecule is N#CC(C#N)=C1c2ccccc2-c2c(C(=O)O)cccc21.[H-].[Na+]. The summed E-state index contributed by atoms with van der Waals surface area (Å²) in [6, 6.07) is 15.9. The van der Waals surface area contributed by atoms with E-state index in [1.807, 2.05) is 18.2 Å². The second-order valence-electron chi connectivity index (χ2n) is 4.55. The summed E-state index contributed by atoms with van der Waals surface area (Å²) in [5.41, 5.74) is 3.32. The quantitative estimate of drug-likeness (QED) is 0.518. The Morgan fingerprint density at radius 2 is 1.55 bits per heavy atom. The topological polar surface area (TPSA) is 84.9 Å². The molecule has 0 fully saturated rings. The fraction of sp³-hybridized carbons (Fsp3) is 0. The van der Waals surface area contributed by atoms with Crippen molar-refractivity contribution >= 4 is 11.5 Å². The van der Waals surface area contributed by atoms with Gasteiger partial charge in [-0.25, -0.2) is 4.79 Å². The van der Waals surface area contributed by atoms with Gasteiger partial charge in [0.05, 0.1) is 5.56 Å². The van der Waals surface area contributed by atoms with Crippen LogP contribution < -0.4 is 29.6 Å². The summed E-state index contributed by atoms with van der Waals surface area (Å²) in [5, 5.41) is 27.7. The van der Waals surface area contributed by atoms with E-state index in [9.17, 15) is 9.90 Å². The van der Waals surface area contributed by atoms with Crippen molar-refractivity contribution in [2.45, 2.75) is 0 Å². The van der Waals surface area contributed by atoms with E-state index in [0.29, 0.717) is 16.7 Å². The molecule has 2 aromatic carbocycles. The van der Waals surface area contributed by atoms with E-state index < -0.39 is 5.97 Å². The zero-order chi connectivity index (χ0) is 15.0. The van der Waals surface area contributed by atoms with Gasteiger partial charge in [-0.2, -0.15) is 10.5 Å². The summed E-state index contributed by atoms with van der Waals surface area (Å²) in [5.74, 6) is -1.03. The first-order valence-electron chi connectivity index (χ1n) is 6.20. The van der Waals surface area contributed by atoms with Crippen molar-refractivity contribution in [3.63, 3.8) is 0 Å². The standard InChI is InChI=1S/C17H8N2O2.Na.H/c18-8-10(9-19)15-11-4-1-2-5-12(11)16-13(15)6-3-7-14(16)17(20)21;;/h1-7H,(H,20,21);;/q;+1;-1. The van der Waals surface area contributed by atoms with Crippen molar-refractivity contribution in [3.05, 3.63) is 64.7 Å². The molecule has 1 aliphatic rings. The zero-order valence-electron chi connectivity index (χ0n) is 12.8. The summed E-state index contributed by atoms with van der Waals surface area (Å²) >= 11 is 0. The van der Waals surface area contributed by atoms with Crippen LogP contribution in [0.1, 0.15) is 22.9 Å². The molecule has 0 saturated carbocycles. The van der Waals surface area contributed by atoms with E-state index in [2.05, 4.69) is 0 Å². The Kier molecular flexibility index (Phi) is 4.49. The number of benzene rings is 2. The van der Waals surface area contributed by atoms with Crippen LogP contribution in [0.25, 0.3) is 16.7 Å². The molecule has 0 bridgehead atoms. The molecule has 0 heterocycles. The van der Waals surface area contributed by atoms with Crippen molar-refractivity contribution in [2.75, 3.05) is 0 Å². The van der Waals surface area contributed by atoms with Gasteiger partial charge in [0, 0.05) is 11.1 Å². The Balaban J connectivity index is 0.00000132. The maximum atomic E-state index is 11.4. The van der Waals surface area contributed by atoms with Crippen molar-refractivity contribution in [3.8, 4) is 23.3 Å². The summed E-state index contributed by atoms with van der Waals surface area (Å²) in [6.07, 6.45) is 0. The average Bonchev–Trinajstić information content (AvgIpc) is 2.84. The van der Waals surface area contributed by atoms with E-state index in [0.717, 1.165) is 11.1 Å². The van der Waals surface area contributed by atoms with Crippen LogP contribution in [-0.2, 0) is 0 Å². The van der Waals surface area contributed by atoms with Crippen molar-refractivity contribution in [1.82, 2.24) is 0 Å². The molecule has 5 heteroatoms. The van der Waals surface area contributed by atoms with Gasteiger partial charge in [0.1, 0.15) is 17.7 Å². The number of nitrogens with zero attached hydrogens (tertiary/aromatic N) is 2. The number of aromatic carboxylic acids is 1. The van der Waals surface area contributed by atoms with Gasteiger partial charge in [-0.3, -0.25) is 0 Å². The van der Waals surface area contributed by atoms with E-state index in [1.165, 1.54) is 6.07 Å². The van der Waals surface area contributed by atoms with E-state index in [1.54, 1.807) is 30.3 Å². The molecule has 22 heavy (non-hydrogen) atoms. The first-order chi connectivity index (χ1) is 10.2. The van der Waals surface area contributed by atoms with Crippen LogP contribution in [0.3, 0.4) is 0 Å². The Morgan fingerprint density at radius 1 is 0.955 bits per heavy atom. The fourth-order valence-corrected chi connectivity index (χ4v) is 2.70. The zero-order valence-corrected chi connectivity index (χ0v) is 13.8. The normalized spacial score (nSPS) is 10.5. The number of rotatable bonds is 1. The molecule has 4 nitrogen and oxygen atoms in total. The maximum Gasteiger partial charge on any atom is 1.00 e. The van der Waals surface area contributed by atoms with Gasteiger partial charge in [-0.05, 0) is 22.8 Å². The Morgan fingerprint density at radius 3 is 2.14 bits per heavy atom. The van der Waals surface area contributed by atoms with Gasteiger partial charge in [0.2, 0.25) is 0 Å². The van der Waals surface area contributed by atoms with Gasteiger partial charge < -0.3 is 6.53 Å². The van der Waals surface area contributed by atoms with E-state index in [4.69, 9.17) is 10.5 Å².